The number of hydrogen-bond donors (Lipinski definition) is 3. The second kappa shape index (κ2) is 11.7. The van der Waals surface area contributed by atoms with E-state index in [0.717, 1.165) is 34.7 Å². The SMILES string of the molecule is CCNC(=NCc1ccccc1-n1nc(C)cc1C)NCCC(=O)NCc1ccccc1. The first-order chi connectivity index (χ1) is 15.6. The largest absolute Gasteiger partial charge is 0.357 e. The van der Waals surface area contributed by atoms with Crippen molar-refractivity contribution in [2.45, 2.75) is 40.3 Å². The number of amides is 1. The number of benzene rings is 2. The summed E-state index contributed by atoms with van der Waals surface area (Å²) >= 11 is 0. The van der Waals surface area contributed by atoms with Crippen molar-refractivity contribution in [3.8, 4) is 5.69 Å². The zero-order chi connectivity index (χ0) is 22.8. The lowest BCUT2D eigenvalue weighted by Gasteiger charge is -2.13. The molecule has 1 heterocycles. The van der Waals surface area contributed by atoms with Gasteiger partial charge in [-0.05, 0) is 44.0 Å². The van der Waals surface area contributed by atoms with Crippen LogP contribution in [-0.4, -0.2) is 34.7 Å². The molecule has 1 amide bonds. The van der Waals surface area contributed by atoms with E-state index in [2.05, 4.69) is 46.2 Å². The van der Waals surface area contributed by atoms with Crippen LogP contribution in [0, 0.1) is 13.8 Å². The van der Waals surface area contributed by atoms with E-state index in [1.807, 2.05) is 61.0 Å². The molecular formula is C25H32N6O. The smallest absolute Gasteiger partial charge is 0.222 e. The van der Waals surface area contributed by atoms with E-state index in [4.69, 9.17) is 4.99 Å². The number of para-hydroxylation sites is 1. The van der Waals surface area contributed by atoms with Crippen LogP contribution in [0.1, 0.15) is 35.9 Å². The first-order valence-electron chi connectivity index (χ1n) is 11.0. The summed E-state index contributed by atoms with van der Waals surface area (Å²) in [7, 11) is 0. The quantitative estimate of drug-likeness (QED) is 0.358. The van der Waals surface area contributed by atoms with Crippen LogP contribution in [0.15, 0.2) is 65.7 Å². The molecule has 0 fully saturated rings. The number of rotatable bonds is 9. The van der Waals surface area contributed by atoms with Crippen molar-refractivity contribution in [1.29, 1.82) is 0 Å². The Bertz CT molecular complexity index is 1040. The van der Waals surface area contributed by atoms with E-state index in [1.165, 1.54) is 0 Å². The Morgan fingerprint density at radius 1 is 1.00 bits per heavy atom. The molecule has 168 valence electrons. The third-order valence-electron chi connectivity index (χ3n) is 4.96. The van der Waals surface area contributed by atoms with Gasteiger partial charge in [0.25, 0.3) is 0 Å². The lowest BCUT2D eigenvalue weighted by Crippen LogP contribution is -2.39. The van der Waals surface area contributed by atoms with Crippen LogP contribution in [0.2, 0.25) is 0 Å². The Morgan fingerprint density at radius 3 is 2.47 bits per heavy atom. The van der Waals surface area contributed by atoms with Crippen LogP contribution in [0.5, 0.6) is 0 Å². The van der Waals surface area contributed by atoms with Gasteiger partial charge in [0.05, 0.1) is 17.9 Å². The lowest BCUT2D eigenvalue weighted by atomic mass is 10.2. The van der Waals surface area contributed by atoms with E-state index in [-0.39, 0.29) is 5.91 Å². The second-order valence-electron chi connectivity index (χ2n) is 7.60. The second-order valence-corrected chi connectivity index (χ2v) is 7.60. The maximum Gasteiger partial charge on any atom is 0.222 e. The minimum Gasteiger partial charge on any atom is -0.357 e. The molecule has 0 spiro atoms. The summed E-state index contributed by atoms with van der Waals surface area (Å²) in [5.41, 5.74) is 5.27. The van der Waals surface area contributed by atoms with Gasteiger partial charge in [-0.15, -0.1) is 0 Å². The van der Waals surface area contributed by atoms with Crippen molar-refractivity contribution < 1.29 is 4.79 Å². The molecule has 3 N–H and O–H groups in total. The van der Waals surface area contributed by atoms with E-state index in [1.54, 1.807) is 0 Å². The number of aryl methyl sites for hydroxylation is 2. The van der Waals surface area contributed by atoms with E-state index >= 15 is 0 Å². The van der Waals surface area contributed by atoms with Gasteiger partial charge in [0.1, 0.15) is 0 Å². The van der Waals surface area contributed by atoms with Crippen molar-refractivity contribution in [3.05, 3.63) is 83.2 Å². The number of aromatic nitrogens is 2. The van der Waals surface area contributed by atoms with E-state index in [0.29, 0.717) is 32.0 Å². The Balaban J connectivity index is 1.56. The van der Waals surface area contributed by atoms with Crippen molar-refractivity contribution in [2.75, 3.05) is 13.1 Å². The predicted molar refractivity (Wildman–Crippen MR) is 129 cm³/mol. The number of hydrogen-bond acceptors (Lipinski definition) is 3. The zero-order valence-corrected chi connectivity index (χ0v) is 19.1. The first-order valence-corrected chi connectivity index (χ1v) is 11.0. The maximum atomic E-state index is 12.1. The van der Waals surface area contributed by atoms with Crippen molar-refractivity contribution in [1.82, 2.24) is 25.7 Å². The van der Waals surface area contributed by atoms with Gasteiger partial charge in [0.15, 0.2) is 5.96 Å². The molecule has 3 rings (SSSR count). The maximum absolute atomic E-state index is 12.1. The normalized spacial score (nSPS) is 11.3. The summed E-state index contributed by atoms with van der Waals surface area (Å²) in [5, 5.41) is 14.0. The zero-order valence-electron chi connectivity index (χ0n) is 19.1. The summed E-state index contributed by atoms with van der Waals surface area (Å²) < 4.78 is 1.96. The standard InChI is InChI=1S/C25H32N6O/c1-4-26-25(27-15-14-24(32)28-17-21-10-6-5-7-11-21)29-18-22-12-8-9-13-23(22)31-20(3)16-19(2)30-31/h5-13,16H,4,14-15,17-18H2,1-3H3,(H,28,32)(H2,26,27,29). The van der Waals surface area contributed by atoms with Crippen LogP contribution < -0.4 is 16.0 Å². The molecule has 0 aliphatic carbocycles. The summed E-state index contributed by atoms with van der Waals surface area (Å²) in [5.74, 6) is 0.693. The minimum absolute atomic E-state index is 0.00655. The summed E-state index contributed by atoms with van der Waals surface area (Å²) in [4.78, 5) is 16.9. The fraction of sp³-hybridized carbons (Fsp3) is 0.320. The fourth-order valence-electron chi connectivity index (χ4n) is 3.41. The number of aliphatic imine (C=N–C) groups is 1. The number of carbonyl (C=O) groups excluding carboxylic acids is 1. The van der Waals surface area contributed by atoms with Crippen molar-refractivity contribution >= 4 is 11.9 Å². The lowest BCUT2D eigenvalue weighted by molar-refractivity contribution is -0.121. The van der Waals surface area contributed by atoms with Crippen LogP contribution in [0.4, 0.5) is 0 Å². The summed E-state index contributed by atoms with van der Waals surface area (Å²) in [6.45, 7) is 8.35. The van der Waals surface area contributed by atoms with Crippen molar-refractivity contribution in [3.63, 3.8) is 0 Å². The molecule has 1 aromatic heterocycles. The highest BCUT2D eigenvalue weighted by Crippen LogP contribution is 2.17. The van der Waals surface area contributed by atoms with Crippen LogP contribution in [0.3, 0.4) is 0 Å². The molecule has 0 aliphatic rings. The molecule has 2 aromatic carbocycles. The Kier molecular flexibility index (Phi) is 8.43. The van der Waals surface area contributed by atoms with Gasteiger partial charge in [-0.1, -0.05) is 48.5 Å². The fourth-order valence-corrected chi connectivity index (χ4v) is 3.41. The summed E-state index contributed by atoms with van der Waals surface area (Å²) in [6.07, 6.45) is 0.375. The molecule has 0 saturated heterocycles. The minimum atomic E-state index is 0.00655. The Labute approximate surface area is 190 Å². The molecular weight excluding hydrogens is 400 g/mol. The molecule has 7 nitrogen and oxygen atoms in total. The van der Waals surface area contributed by atoms with E-state index in [9.17, 15) is 4.79 Å². The molecule has 0 aliphatic heterocycles. The highest BCUT2D eigenvalue weighted by atomic mass is 16.1. The third kappa shape index (κ3) is 6.70. The molecule has 7 heteroatoms. The first kappa shape index (κ1) is 23.1. The Hall–Kier alpha value is -3.61. The predicted octanol–water partition coefficient (Wildman–Crippen LogP) is 3.25. The molecule has 0 unspecified atom stereocenters. The average molecular weight is 433 g/mol. The van der Waals surface area contributed by atoms with Gasteiger partial charge in [-0.3, -0.25) is 4.79 Å². The number of nitrogens with zero attached hydrogens (tertiary/aromatic N) is 3. The highest BCUT2D eigenvalue weighted by Gasteiger charge is 2.09. The van der Waals surface area contributed by atoms with Gasteiger partial charge < -0.3 is 16.0 Å². The molecule has 32 heavy (non-hydrogen) atoms. The van der Waals surface area contributed by atoms with Crippen LogP contribution >= 0.6 is 0 Å². The monoisotopic (exact) mass is 432 g/mol. The topological polar surface area (TPSA) is 83.3 Å². The van der Waals surface area contributed by atoms with Gasteiger partial charge >= 0.3 is 0 Å². The summed E-state index contributed by atoms with van der Waals surface area (Å²) in [6, 6.07) is 20.1. The van der Waals surface area contributed by atoms with Crippen LogP contribution in [0.25, 0.3) is 5.69 Å². The van der Waals surface area contributed by atoms with Gasteiger partial charge in [-0.25, -0.2) is 9.67 Å². The third-order valence-corrected chi connectivity index (χ3v) is 4.96. The van der Waals surface area contributed by atoms with Gasteiger partial charge in [-0.2, -0.15) is 5.10 Å². The molecule has 0 bridgehead atoms. The number of nitrogens with one attached hydrogen (secondary N) is 3. The molecule has 0 atom stereocenters. The number of carbonyl (C=O) groups is 1. The van der Waals surface area contributed by atoms with Gasteiger partial charge in [0.2, 0.25) is 5.91 Å². The molecule has 0 saturated carbocycles. The highest BCUT2D eigenvalue weighted by molar-refractivity contribution is 5.81. The number of guanidine groups is 1. The average Bonchev–Trinajstić information content (AvgIpc) is 3.14. The molecule has 0 radical (unpaired) electrons. The van der Waals surface area contributed by atoms with Gasteiger partial charge in [0, 0.05) is 31.7 Å². The molecule has 3 aromatic rings. The Morgan fingerprint density at radius 2 is 1.75 bits per heavy atom. The van der Waals surface area contributed by atoms with Crippen molar-refractivity contribution in [2.24, 2.45) is 4.99 Å². The van der Waals surface area contributed by atoms with E-state index < -0.39 is 0 Å². The van der Waals surface area contributed by atoms with Crippen LogP contribution in [-0.2, 0) is 17.9 Å².